The van der Waals surface area contributed by atoms with E-state index in [2.05, 4.69) is 45.7 Å². The fourth-order valence-electron chi connectivity index (χ4n) is 6.07. The third-order valence-electron chi connectivity index (χ3n) is 7.67. The Bertz CT molecular complexity index is 1580. The van der Waals surface area contributed by atoms with E-state index in [4.69, 9.17) is 9.72 Å². The topological polar surface area (TPSA) is 90.3 Å². The molecule has 4 aromatic rings. The van der Waals surface area contributed by atoms with Gasteiger partial charge in [-0.05, 0) is 85.5 Å². The van der Waals surface area contributed by atoms with Crippen molar-refractivity contribution in [2.45, 2.75) is 65.9 Å². The Morgan fingerprint density at radius 2 is 1.84 bits per heavy atom. The lowest BCUT2D eigenvalue weighted by Crippen LogP contribution is -2.29. The standard InChI is InChI=1S/C32H36F3N5O3/c1-20-14-23(17-31(3,4)16-20)40-28-12-11-25(42-19-29(41)37-18-27-21(2)6-5-13-36-27)15-26(28)39-30(40)38-22-7-9-24(10-8-22)43-32(33,34)35/h5-13,15,20,23H,14,16-19H2,1-4H3,(H,37,41)(H,38,39)/t20-,23-/m1/s1. The average molecular weight is 596 g/mol. The maximum atomic E-state index is 12.6. The summed E-state index contributed by atoms with van der Waals surface area (Å²) in [7, 11) is 0. The van der Waals surface area contributed by atoms with Gasteiger partial charge < -0.3 is 24.7 Å². The number of rotatable bonds is 9. The number of nitrogens with zero attached hydrogens (tertiary/aromatic N) is 3. The number of aryl methyl sites for hydroxylation is 1. The molecule has 0 saturated heterocycles. The molecule has 1 amide bonds. The first-order valence-corrected chi connectivity index (χ1v) is 14.3. The Balaban J connectivity index is 1.36. The number of anilines is 2. The molecule has 11 heteroatoms. The SMILES string of the molecule is Cc1cccnc1CNC(=O)COc1ccc2c(c1)nc(Nc1ccc(OC(F)(F)F)cc1)n2[C@@H]1C[C@@H](C)CC(C)(C)C1. The van der Waals surface area contributed by atoms with Crippen molar-refractivity contribution in [1.82, 2.24) is 19.9 Å². The van der Waals surface area contributed by atoms with Crippen molar-refractivity contribution in [1.29, 1.82) is 0 Å². The number of nitrogens with one attached hydrogen (secondary N) is 2. The van der Waals surface area contributed by atoms with Crippen molar-refractivity contribution in [3.63, 3.8) is 0 Å². The lowest BCUT2D eigenvalue weighted by atomic mass is 9.70. The van der Waals surface area contributed by atoms with E-state index in [0.29, 0.717) is 35.4 Å². The lowest BCUT2D eigenvalue weighted by Gasteiger charge is -2.40. The van der Waals surface area contributed by atoms with Crippen molar-refractivity contribution in [2.24, 2.45) is 11.3 Å². The van der Waals surface area contributed by atoms with Crippen molar-refractivity contribution < 1.29 is 27.4 Å². The first kappa shape index (κ1) is 30.2. The number of aromatic nitrogens is 3. The van der Waals surface area contributed by atoms with Crippen molar-refractivity contribution in [3.05, 3.63) is 72.1 Å². The zero-order valence-electron chi connectivity index (χ0n) is 24.7. The highest BCUT2D eigenvalue weighted by Crippen LogP contribution is 2.46. The maximum absolute atomic E-state index is 12.6. The average Bonchev–Trinajstić information content (AvgIpc) is 3.27. The monoisotopic (exact) mass is 595 g/mol. The molecule has 8 nitrogen and oxygen atoms in total. The maximum Gasteiger partial charge on any atom is 0.573 e. The van der Waals surface area contributed by atoms with Gasteiger partial charge in [0.1, 0.15) is 11.5 Å². The van der Waals surface area contributed by atoms with Gasteiger partial charge in [-0.3, -0.25) is 9.78 Å². The fraction of sp³-hybridized carbons (Fsp3) is 0.406. The molecule has 0 bridgehead atoms. The van der Waals surface area contributed by atoms with Crippen LogP contribution in [0.5, 0.6) is 11.5 Å². The second-order valence-electron chi connectivity index (χ2n) is 12.1. The summed E-state index contributed by atoms with van der Waals surface area (Å²) in [6.45, 7) is 8.89. The van der Waals surface area contributed by atoms with E-state index < -0.39 is 6.36 Å². The van der Waals surface area contributed by atoms with Crippen LogP contribution >= 0.6 is 0 Å². The Morgan fingerprint density at radius 3 is 2.53 bits per heavy atom. The third-order valence-corrected chi connectivity index (χ3v) is 7.67. The van der Waals surface area contributed by atoms with Gasteiger partial charge in [-0.25, -0.2) is 4.98 Å². The summed E-state index contributed by atoms with van der Waals surface area (Å²) in [4.78, 5) is 21.6. The zero-order valence-corrected chi connectivity index (χ0v) is 24.7. The van der Waals surface area contributed by atoms with Crippen LogP contribution < -0.4 is 20.1 Å². The summed E-state index contributed by atoms with van der Waals surface area (Å²) in [5.74, 6) is 1.02. The van der Waals surface area contributed by atoms with Crippen molar-refractivity contribution >= 4 is 28.6 Å². The highest BCUT2D eigenvalue weighted by Gasteiger charge is 2.35. The van der Waals surface area contributed by atoms with Crippen LogP contribution in [-0.4, -0.2) is 33.4 Å². The van der Waals surface area contributed by atoms with Crippen molar-refractivity contribution in [3.8, 4) is 11.5 Å². The van der Waals surface area contributed by atoms with Gasteiger partial charge in [-0.2, -0.15) is 0 Å². The second kappa shape index (κ2) is 12.1. The number of carbonyl (C=O) groups is 1. The normalized spacial score (nSPS) is 18.3. The molecule has 228 valence electrons. The highest BCUT2D eigenvalue weighted by molar-refractivity contribution is 5.82. The molecule has 2 heterocycles. The first-order valence-electron chi connectivity index (χ1n) is 14.3. The summed E-state index contributed by atoms with van der Waals surface area (Å²) in [6, 6.07) is 15.1. The molecule has 0 aliphatic heterocycles. The van der Waals surface area contributed by atoms with E-state index in [0.717, 1.165) is 36.0 Å². The summed E-state index contributed by atoms with van der Waals surface area (Å²) < 4.78 is 49.9. The van der Waals surface area contributed by atoms with Gasteiger partial charge in [-0.1, -0.05) is 26.8 Å². The summed E-state index contributed by atoms with van der Waals surface area (Å²) in [5, 5.41) is 6.13. The molecule has 1 saturated carbocycles. The van der Waals surface area contributed by atoms with Crippen LogP contribution in [0, 0.1) is 18.3 Å². The van der Waals surface area contributed by atoms with Gasteiger partial charge in [0.25, 0.3) is 5.91 Å². The Labute approximate surface area is 248 Å². The van der Waals surface area contributed by atoms with Crippen LogP contribution in [0.2, 0.25) is 0 Å². The summed E-state index contributed by atoms with van der Waals surface area (Å²) in [6.07, 6.45) is -0.0274. The minimum Gasteiger partial charge on any atom is -0.484 e. The third kappa shape index (κ3) is 7.77. The molecule has 2 atom stereocenters. The van der Waals surface area contributed by atoms with Gasteiger partial charge in [0.05, 0.1) is 23.3 Å². The molecule has 2 aromatic heterocycles. The largest absolute Gasteiger partial charge is 0.573 e. The molecule has 43 heavy (non-hydrogen) atoms. The van der Waals surface area contributed by atoms with Gasteiger partial charge in [0.2, 0.25) is 5.95 Å². The minimum absolute atomic E-state index is 0.136. The van der Waals surface area contributed by atoms with E-state index in [1.54, 1.807) is 12.3 Å². The van der Waals surface area contributed by atoms with E-state index in [-0.39, 0.29) is 29.7 Å². The number of alkyl halides is 3. The van der Waals surface area contributed by atoms with Gasteiger partial charge >= 0.3 is 6.36 Å². The van der Waals surface area contributed by atoms with Gasteiger partial charge in [0.15, 0.2) is 6.61 Å². The molecular formula is C32H36F3N5O3. The number of hydrogen-bond acceptors (Lipinski definition) is 6. The Morgan fingerprint density at radius 1 is 1.09 bits per heavy atom. The molecule has 1 aliphatic rings. The fourth-order valence-corrected chi connectivity index (χ4v) is 6.07. The Hall–Kier alpha value is -4.28. The number of halogens is 3. The van der Waals surface area contributed by atoms with Crippen LogP contribution in [0.15, 0.2) is 60.8 Å². The quantitative estimate of drug-likeness (QED) is 0.209. The number of pyridine rings is 1. The van der Waals surface area contributed by atoms with Crippen LogP contribution in [0.4, 0.5) is 24.8 Å². The number of fused-ring (bicyclic) bond motifs is 1. The molecule has 0 unspecified atom stereocenters. The number of amides is 1. The highest BCUT2D eigenvalue weighted by atomic mass is 19.4. The Kier molecular flexibility index (Phi) is 8.52. The lowest BCUT2D eigenvalue weighted by molar-refractivity contribution is -0.274. The van der Waals surface area contributed by atoms with E-state index >= 15 is 0 Å². The van der Waals surface area contributed by atoms with Crippen LogP contribution in [0.25, 0.3) is 11.0 Å². The second-order valence-corrected chi connectivity index (χ2v) is 12.1. The molecule has 1 aliphatic carbocycles. The van der Waals surface area contributed by atoms with E-state index in [1.165, 1.54) is 24.3 Å². The van der Waals surface area contributed by atoms with Crippen LogP contribution in [0.1, 0.15) is 57.3 Å². The zero-order chi connectivity index (χ0) is 30.8. The molecule has 0 radical (unpaired) electrons. The molecule has 5 rings (SSSR count). The first-order chi connectivity index (χ1) is 20.3. The summed E-state index contributed by atoms with van der Waals surface area (Å²) in [5.41, 5.74) is 4.08. The van der Waals surface area contributed by atoms with Crippen LogP contribution in [0.3, 0.4) is 0 Å². The minimum atomic E-state index is -4.76. The van der Waals surface area contributed by atoms with Gasteiger partial charge in [0, 0.05) is 24.0 Å². The predicted molar refractivity (Wildman–Crippen MR) is 158 cm³/mol. The number of benzene rings is 2. The van der Waals surface area contributed by atoms with Crippen LogP contribution in [-0.2, 0) is 11.3 Å². The number of carbonyl (C=O) groups excluding carboxylic acids is 1. The van der Waals surface area contributed by atoms with Crippen molar-refractivity contribution in [2.75, 3.05) is 11.9 Å². The smallest absolute Gasteiger partial charge is 0.484 e. The molecule has 0 spiro atoms. The molecule has 2 N–H and O–H groups in total. The molecular weight excluding hydrogens is 559 g/mol. The van der Waals surface area contributed by atoms with Gasteiger partial charge in [-0.15, -0.1) is 13.2 Å². The number of imidazole rings is 1. The predicted octanol–water partition coefficient (Wildman–Crippen LogP) is 7.46. The van der Waals surface area contributed by atoms with E-state index in [9.17, 15) is 18.0 Å². The molecule has 1 fully saturated rings. The summed E-state index contributed by atoms with van der Waals surface area (Å²) >= 11 is 0. The number of ether oxygens (including phenoxy) is 2. The number of hydrogen-bond donors (Lipinski definition) is 2. The molecule has 2 aromatic carbocycles. The van der Waals surface area contributed by atoms with E-state index in [1.807, 2.05) is 31.2 Å².